The molecule has 5 heteroatoms. The Morgan fingerprint density at radius 2 is 1.89 bits per heavy atom. The average Bonchev–Trinajstić information content (AvgIpc) is 3.49. The molecule has 27 heavy (non-hydrogen) atoms. The first-order valence-corrected chi connectivity index (χ1v) is 9.26. The normalized spacial score (nSPS) is 21.0. The number of nitrogens with two attached hydrogens (primary N) is 1. The molecule has 2 N–H and O–H groups in total. The van der Waals surface area contributed by atoms with Crippen LogP contribution in [0.5, 0.6) is 0 Å². The highest BCUT2D eigenvalue weighted by Crippen LogP contribution is 2.44. The average molecular weight is 356 g/mol. The highest BCUT2D eigenvalue weighted by molar-refractivity contribution is 5.95. The lowest BCUT2D eigenvalue weighted by Crippen LogP contribution is -2.32. The van der Waals surface area contributed by atoms with E-state index in [1.165, 1.54) is 5.56 Å². The fraction of sp³-hybridized carbons (Fsp3) is 0.227. The molecular weight excluding hydrogens is 336 g/mol. The minimum atomic E-state index is -0.472. The molecule has 2 heterocycles. The van der Waals surface area contributed by atoms with E-state index >= 15 is 0 Å². The lowest BCUT2D eigenvalue weighted by molar-refractivity contribution is 0.0994. The summed E-state index contributed by atoms with van der Waals surface area (Å²) >= 11 is 0. The molecule has 0 bridgehead atoms. The van der Waals surface area contributed by atoms with Gasteiger partial charge < -0.3 is 5.73 Å². The summed E-state index contributed by atoms with van der Waals surface area (Å²) in [4.78, 5) is 16.6. The van der Waals surface area contributed by atoms with Crippen molar-refractivity contribution in [2.45, 2.75) is 30.7 Å². The summed E-state index contributed by atoms with van der Waals surface area (Å²) in [6.45, 7) is 0. The molecule has 2 aromatic heterocycles. The van der Waals surface area contributed by atoms with E-state index in [0.29, 0.717) is 18.2 Å². The van der Waals surface area contributed by atoms with Gasteiger partial charge >= 0.3 is 0 Å². The maximum Gasteiger partial charge on any atom is 0.269 e. The van der Waals surface area contributed by atoms with Crippen LogP contribution in [0.3, 0.4) is 0 Å². The molecule has 1 unspecified atom stereocenters. The van der Waals surface area contributed by atoms with Crippen molar-refractivity contribution in [2.24, 2.45) is 5.73 Å². The molecule has 1 amide bonds. The molecule has 3 aromatic rings. The maximum absolute atomic E-state index is 11.9. The number of carbonyl (C=O) groups excluding carboxylic acids is 1. The third kappa shape index (κ3) is 2.50. The number of hydrogen-bond donors (Lipinski definition) is 1. The summed E-state index contributed by atoms with van der Waals surface area (Å²) in [5.74, 6) is -0.472. The zero-order valence-corrected chi connectivity index (χ0v) is 14.9. The highest BCUT2D eigenvalue weighted by atomic mass is 16.1. The van der Waals surface area contributed by atoms with E-state index in [0.717, 1.165) is 29.8 Å². The van der Waals surface area contributed by atoms with E-state index in [1.807, 2.05) is 35.2 Å². The van der Waals surface area contributed by atoms with E-state index in [9.17, 15) is 4.79 Å². The number of aromatic nitrogens is 3. The minimum absolute atomic E-state index is 0.371. The van der Waals surface area contributed by atoms with E-state index in [4.69, 9.17) is 5.73 Å². The predicted octanol–water partition coefficient (Wildman–Crippen LogP) is 3.27. The first-order valence-electron chi connectivity index (χ1n) is 9.26. The van der Waals surface area contributed by atoms with Crippen LogP contribution >= 0.6 is 0 Å². The van der Waals surface area contributed by atoms with Gasteiger partial charge in [0.1, 0.15) is 0 Å². The minimum Gasteiger partial charge on any atom is -0.364 e. The number of amides is 1. The van der Waals surface area contributed by atoms with Crippen LogP contribution in [0.15, 0.2) is 60.8 Å². The SMILES string of the molecule is NC(=O)c1nn(C2CC2)c2c1C=CC(c1ccccc1)(c1ccccn1)C2. The quantitative estimate of drug-likeness (QED) is 0.780. The number of benzene rings is 1. The van der Waals surface area contributed by atoms with Crippen LogP contribution in [0.2, 0.25) is 0 Å². The number of rotatable bonds is 4. The first-order chi connectivity index (χ1) is 13.2. The van der Waals surface area contributed by atoms with Gasteiger partial charge in [0.05, 0.1) is 17.2 Å². The van der Waals surface area contributed by atoms with Crippen molar-refractivity contribution in [3.8, 4) is 0 Å². The summed E-state index contributed by atoms with van der Waals surface area (Å²) in [7, 11) is 0. The molecule has 0 aliphatic heterocycles. The predicted molar refractivity (Wildman–Crippen MR) is 103 cm³/mol. The Morgan fingerprint density at radius 1 is 1.11 bits per heavy atom. The second kappa shape index (κ2) is 5.91. The largest absolute Gasteiger partial charge is 0.364 e. The van der Waals surface area contributed by atoms with Crippen LogP contribution in [0.25, 0.3) is 6.08 Å². The van der Waals surface area contributed by atoms with Crippen LogP contribution < -0.4 is 5.73 Å². The lowest BCUT2D eigenvalue weighted by Gasteiger charge is -2.34. The Hall–Kier alpha value is -3.21. The second-order valence-electron chi connectivity index (χ2n) is 7.31. The molecule has 0 spiro atoms. The van der Waals surface area contributed by atoms with Gasteiger partial charge in [-0.25, -0.2) is 0 Å². The number of carbonyl (C=O) groups is 1. The molecule has 134 valence electrons. The Kier molecular flexibility index (Phi) is 3.50. The van der Waals surface area contributed by atoms with Gasteiger partial charge in [-0.1, -0.05) is 48.6 Å². The fourth-order valence-electron chi connectivity index (χ4n) is 4.07. The number of allylic oxidation sites excluding steroid dienone is 1. The monoisotopic (exact) mass is 356 g/mol. The molecule has 2 aliphatic rings. The standard InChI is InChI=1S/C22H20N4O/c23-21(27)20-17-11-12-22(15-6-2-1-3-7-15,19-8-4-5-13-24-19)14-18(17)26(25-20)16-9-10-16/h1-8,11-13,16H,9-10,14H2,(H2,23,27). The number of hydrogen-bond acceptors (Lipinski definition) is 3. The molecule has 1 saturated carbocycles. The van der Waals surface area contributed by atoms with Crippen LogP contribution in [0.1, 0.15) is 51.9 Å². The van der Waals surface area contributed by atoms with Gasteiger partial charge in [0.15, 0.2) is 5.69 Å². The van der Waals surface area contributed by atoms with Crippen molar-refractivity contribution in [1.82, 2.24) is 14.8 Å². The number of nitrogens with zero attached hydrogens (tertiary/aromatic N) is 3. The smallest absolute Gasteiger partial charge is 0.269 e. The fourth-order valence-corrected chi connectivity index (χ4v) is 4.07. The van der Waals surface area contributed by atoms with Gasteiger partial charge in [0.25, 0.3) is 5.91 Å². The Bertz CT molecular complexity index is 993. The van der Waals surface area contributed by atoms with Gasteiger partial charge in [0, 0.05) is 23.9 Å². The summed E-state index contributed by atoms with van der Waals surface area (Å²) in [6.07, 6.45) is 8.88. The van der Waals surface area contributed by atoms with Gasteiger partial charge in [-0.3, -0.25) is 14.5 Å². The van der Waals surface area contributed by atoms with Crippen LogP contribution in [0, 0.1) is 0 Å². The number of fused-ring (bicyclic) bond motifs is 1. The topological polar surface area (TPSA) is 73.8 Å². The zero-order chi connectivity index (χ0) is 18.4. The molecule has 1 atom stereocenters. The van der Waals surface area contributed by atoms with Crippen LogP contribution in [0.4, 0.5) is 0 Å². The molecule has 1 fully saturated rings. The van der Waals surface area contributed by atoms with Crippen molar-refractivity contribution in [1.29, 1.82) is 0 Å². The molecule has 0 radical (unpaired) electrons. The third-order valence-electron chi connectivity index (χ3n) is 5.57. The lowest BCUT2D eigenvalue weighted by atomic mass is 9.70. The zero-order valence-electron chi connectivity index (χ0n) is 14.9. The summed E-state index contributed by atoms with van der Waals surface area (Å²) in [5, 5.41) is 4.58. The van der Waals surface area contributed by atoms with Gasteiger partial charge in [-0.15, -0.1) is 0 Å². The van der Waals surface area contributed by atoms with Gasteiger partial charge in [0.2, 0.25) is 0 Å². The molecule has 2 aliphatic carbocycles. The maximum atomic E-state index is 11.9. The molecule has 1 aromatic carbocycles. The van der Waals surface area contributed by atoms with Gasteiger partial charge in [-0.2, -0.15) is 5.10 Å². The van der Waals surface area contributed by atoms with Crippen molar-refractivity contribution >= 4 is 12.0 Å². The second-order valence-corrected chi connectivity index (χ2v) is 7.31. The third-order valence-corrected chi connectivity index (χ3v) is 5.57. The molecule has 5 rings (SSSR count). The van der Waals surface area contributed by atoms with E-state index in [2.05, 4.69) is 46.5 Å². The Morgan fingerprint density at radius 3 is 2.56 bits per heavy atom. The summed E-state index contributed by atoms with van der Waals surface area (Å²) in [5.41, 5.74) is 9.67. The van der Waals surface area contributed by atoms with Crippen LogP contribution in [-0.2, 0) is 11.8 Å². The molecular formula is C22H20N4O. The number of pyridine rings is 1. The Labute approximate surface area is 157 Å². The Balaban J connectivity index is 1.73. The van der Waals surface area contributed by atoms with Gasteiger partial charge in [-0.05, 0) is 30.5 Å². The summed E-state index contributed by atoms with van der Waals surface area (Å²) in [6, 6.07) is 16.8. The van der Waals surface area contributed by atoms with E-state index in [1.54, 1.807) is 0 Å². The van der Waals surface area contributed by atoms with E-state index in [-0.39, 0.29) is 0 Å². The van der Waals surface area contributed by atoms with Crippen molar-refractivity contribution in [2.75, 3.05) is 0 Å². The van der Waals surface area contributed by atoms with Crippen molar-refractivity contribution < 1.29 is 4.79 Å². The first kappa shape index (κ1) is 16.0. The molecule has 0 saturated heterocycles. The van der Waals surface area contributed by atoms with E-state index < -0.39 is 11.3 Å². The van der Waals surface area contributed by atoms with Crippen molar-refractivity contribution in [3.05, 3.63) is 89.0 Å². The summed E-state index contributed by atoms with van der Waals surface area (Å²) < 4.78 is 2.03. The van der Waals surface area contributed by atoms with Crippen LogP contribution in [-0.4, -0.2) is 20.7 Å². The molecule has 5 nitrogen and oxygen atoms in total. The number of primary amides is 1. The highest BCUT2D eigenvalue weighted by Gasteiger charge is 2.41. The van der Waals surface area contributed by atoms with Crippen molar-refractivity contribution in [3.63, 3.8) is 0 Å².